The molecular weight excluding hydrogens is 270 g/mol. The maximum absolute atomic E-state index is 12.5. The summed E-state index contributed by atoms with van der Waals surface area (Å²) in [4.78, 5) is 12.5. The lowest BCUT2D eigenvalue weighted by atomic mass is 9.90. The van der Waals surface area contributed by atoms with Crippen molar-refractivity contribution in [2.24, 2.45) is 0 Å². The number of benzene rings is 1. The molecule has 1 heterocycles. The smallest absolute Gasteiger partial charge is 0.330 e. The molecule has 0 aromatic heterocycles. The van der Waals surface area contributed by atoms with Gasteiger partial charge in [0.1, 0.15) is 5.54 Å². The van der Waals surface area contributed by atoms with Gasteiger partial charge in [-0.3, -0.25) is 5.32 Å². The van der Waals surface area contributed by atoms with Gasteiger partial charge >= 0.3 is 5.97 Å². The molecule has 21 heavy (non-hydrogen) atoms. The molecule has 0 spiro atoms. The third-order valence-corrected chi connectivity index (χ3v) is 3.78. The van der Waals surface area contributed by atoms with Crippen LogP contribution in [-0.4, -0.2) is 25.4 Å². The van der Waals surface area contributed by atoms with Crippen LogP contribution in [-0.2, 0) is 15.1 Å². The quantitative estimate of drug-likeness (QED) is 0.817. The Morgan fingerprint density at radius 1 is 1.38 bits per heavy atom. The van der Waals surface area contributed by atoms with Crippen LogP contribution in [0.1, 0.15) is 39.7 Å². The lowest BCUT2D eigenvalue weighted by Crippen LogP contribution is -2.51. The van der Waals surface area contributed by atoms with Gasteiger partial charge in [0, 0.05) is 6.04 Å². The number of hydrogen-bond acceptors (Lipinski definition) is 5. The van der Waals surface area contributed by atoms with Gasteiger partial charge in [0.2, 0.25) is 6.79 Å². The number of hydrogen-bond donors (Lipinski definition) is 1. The van der Waals surface area contributed by atoms with Crippen molar-refractivity contribution in [1.82, 2.24) is 5.32 Å². The number of nitrogens with one attached hydrogen (secondary N) is 1. The molecular formula is C16H23NO4. The third-order valence-electron chi connectivity index (χ3n) is 3.78. The van der Waals surface area contributed by atoms with Crippen LogP contribution in [0, 0.1) is 0 Å². The zero-order valence-corrected chi connectivity index (χ0v) is 13.1. The fourth-order valence-electron chi connectivity index (χ4n) is 2.34. The van der Waals surface area contributed by atoms with Gasteiger partial charge in [0.25, 0.3) is 0 Å². The van der Waals surface area contributed by atoms with E-state index in [1.165, 1.54) is 0 Å². The molecule has 1 N–H and O–H groups in total. The maximum Gasteiger partial charge on any atom is 0.330 e. The molecule has 5 nitrogen and oxygen atoms in total. The summed E-state index contributed by atoms with van der Waals surface area (Å²) in [5, 5.41) is 3.36. The van der Waals surface area contributed by atoms with Crippen molar-refractivity contribution in [3.63, 3.8) is 0 Å². The van der Waals surface area contributed by atoms with E-state index in [9.17, 15) is 4.79 Å². The second-order valence-corrected chi connectivity index (χ2v) is 5.37. The van der Waals surface area contributed by atoms with Crippen molar-refractivity contribution in [3.05, 3.63) is 23.8 Å². The van der Waals surface area contributed by atoms with Crippen LogP contribution in [0.15, 0.2) is 18.2 Å². The van der Waals surface area contributed by atoms with Gasteiger partial charge in [0.05, 0.1) is 6.61 Å². The van der Waals surface area contributed by atoms with Gasteiger partial charge in [-0.05, 0) is 44.9 Å². The molecule has 0 aliphatic carbocycles. The highest BCUT2D eigenvalue weighted by atomic mass is 16.7. The topological polar surface area (TPSA) is 56.8 Å². The maximum atomic E-state index is 12.5. The summed E-state index contributed by atoms with van der Waals surface area (Å²) >= 11 is 0. The highest BCUT2D eigenvalue weighted by Gasteiger charge is 2.38. The summed E-state index contributed by atoms with van der Waals surface area (Å²) in [5.41, 5.74) is -0.0997. The van der Waals surface area contributed by atoms with Crippen molar-refractivity contribution in [2.75, 3.05) is 13.4 Å². The van der Waals surface area contributed by atoms with Gasteiger partial charge in [-0.25, -0.2) is 4.79 Å². The molecule has 0 saturated heterocycles. The van der Waals surface area contributed by atoms with Crippen molar-refractivity contribution in [3.8, 4) is 11.5 Å². The van der Waals surface area contributed by atoms with E-state index >= 15 is 0 Å². The number of ether oxygens (including phenoxy) is 3. The minimum Gasteiger partial charge on any atom is -0.464 e. The zero-order valence-electron chi connectivity index (χ0n) is 13.1. The van der Waals surface area contributed by atoms with Crippen LogP contribution in [0.3, 0.4) is 0 Å². The van der Waals surface area contributed by atoms with Gasteiger partial charge in [-0.15, -0.1) is 0 Å². The molecule has 2 unspecified atom stereocenters. The molecule has 1 aliphatic rings. The van der Waals surface area contributed by atoms with E-state index in [1.54, 1.807) is 6.92 Å². The number of esters is 1. The first-order valence-electron chi connectivity index (χ1n) is 7.36. The molecule has 0 fully saturated rings. The Bertz CT molecular complexity index is 517. The molecule has 1 aliphatic heterocycles. The average molecular weight is 293 g/mol. The molecule has 0 radical (unpaired) electrons. The van der Waals surface area contributed by atoms with E-state index in [4.69, 9.17) is 14.2 Å². The minimum absolute atomic E-state index is 0.185. The van der Waals surface area contributed by atoms with Gasteiger partial charge < -0.3 is 14.2 Å². The van der Waals surface area contributed by atoms with Gasteiger partial charge in [0.15, 0.2) is 11.5 Å². The Balaban J connectivity index is 2.36. The van der Waals surface area contributed by atoms with Crippen LogP contribution < -0.4 is 14.8 Å². The van der Waals surface area contributed by atoms with Crippen LogP contribution >= 0.6 is 0 Å². The Kier molecular flexibility index (Phi) is 4.73. The van der Waals surface area contributed by atoms with Crippen molar-refractivity contribution < 1.29 is 19.0 Å². The number of carbonyl (C=O) groups excluding carboxylic acids is 1. The lowest BCUT2D eigenvalue weighted by molar-refractivity contribution is -0.151. The summed E-state index contributed by atoms with van der Waals surface area (Å²) in [6.07, 6.45) is 0.916. The number of fused-ring (bicyclic) bond motifs is 1. The Hall–Kier alpha value is -1.75. The molecule has 5 heteroatoms. The first kappa shape index (κ1) is 15.6. The first-order chi connectivity index (χ1) is 10.0. The largest absolute Gasteiger partial charge is 0.464 e. The van der Waals surface area contributed by atoms with Crippen LogP contribution in [0.25, 0.3) is 0 Å². The summed E-state index contributed by atoms with van der Waals surface area (Å²) in [7, 11) is 0. The fraction of sp³-hybridized carbons (Fsp3) is 0.562. The summed E-state index contributed by atoms with van der Waals surface area (Å²) < 4.78 is 16.0. The summed E-state index contributed by atoms with van der Waals surface area (Å²) in [6, 6.07) is 5.73. The highest BCUT2D eigenvalue weighted by molar-refractivity contribution is 5.82. The average Bonchev–Trinajstić information content (AvgIpc) is 2.94. The van der Waals surface area contributed by atoms with E-state index in [1.807, 2.05) is 32.0 Å². The predicted octanol–water partition coefficient (Wildman–Crippen LogP) is 2.58. The Morgan fingerprint density at radius 2 is 2.10 bits per heavy atom. The van der Waals surface area contributed by atoms with Crippen LogP contribution in [0.5, 0.6) is 11.5 Å². The fourth-order valence-corrected chi connectivity index (χ4v) is 2.34. The predicted molar refractivity (Wildman–Crippen MR) is 79.4 cm³/mol. The molecule has 2 atom stereocenters. The molecule has 1 aromatic rings. The highest BCUT2D eigenvalue weighted by Crippen LogP contribution is 2.36. The van der Waals surface area contributed by atoms with E-state index in [-0.39, 0.29) is 18.8 Å². The van der Waals surface area contributed by atoms with E-state index in [0.29, 0.717) is 18.1 Å². The number of rotatable bonds is 6. The van der Waals surface area contributed by atoms with E-state index in [2.05, 4.69) is 12.2 Å². The molecule has 0 saturated carbocycles. The molecule has 2 rings (SSSR count). The Morgan fingerprint density at radius 3 is 2.76 bits per heavy atom. The van der Waals surface area contributed by atoms with Crippen LogP contribution in [0.4, 0.5) is 0 Å². The van der Waals surface area contributed by atoms with Gasteiger partial charge in [-0.1, -0.05) is 13.0 Å². The van der Waals surface area contributed by atoms with Crippen LogP contribution in [0.2, 0.25) is 0 Å². The molecule has 0 bridgehead atoms. The molecule has 1 aromatic carbocycles. The minimum atomic E-state index is -0.910. The normalized spacial score (nSPS) is 17.1. The Labute approximate surface area is 125 Å². The monoisotopic (exact) mass is 293 g/mol. The molecule has 116 valence electrons. The number of carbonyl (C=O) groups is 1. The first-order valence-corrected chi connectivity index (χ1v) is 7.36. The summed E-state index contributed by atoms with van der Waals surface area (Å²) in [6.45, 7) is 8.33. The third kappa shape index (κ3) is 3.13. The van der Waals surface area contributed by atoms with Crippen molar-refractivity contribution >= 4 is 5.97 Å². The van der Waals surface area contributed by atoms with Gasteiger partial charge in [-0.2, -0.15) is 0 Å². The standard InChI is InChI=1S/C16H23NO4/c1-5-11(3)17-16(4,15(18)19-6-2)12-7-8-13-14(9-12)21-10-20-13/h7-9,11,17H,5-6,10H2,1-4H3. The lowest BCUT2D eigenvalue weighted by Gasteiger charge is -2.32. The van der Waals surface area contributed by atoms with Crippen molar-refractivity contribution in [1.29, 1.82) is 0 Å². The molecule has 0 amide bonds. The van der Waals surface area contributed by atoms with E-state index < -0.39 is 5.54 Å². The zero-order chi connectivity index (χ0) is 15.5. The SMILES string of the molecule is CCOC(=O)C(C)(NC(C)CC)c1ccc2c(c1)OCO2. The second-order valence-electron chi connectivity index (χ2n) is 5.37. The summed E-state index contributed by atoms with van der Waals surface area (Å²) in [5.74, 6) is 1.08. The van der Waals surface area contributed by atoms with Crippen molar-refractivity contribution in [2.45, 2.75) is 45.7 Å². The van der Waals surface area contributed by atoms with E-state index in [0.717, 1.165) is 12.0 Å². The second kappa shape index (κ2) is 6.35.